The van der Waals surface area contributed by atoms with E-state index in [0.29, 0.717) is 81.2 Å². The third-order valence-electron chi connectivity index (χ3n) is 16.7. The van der Waals surface area contributed by atoms with Gasteiger partial charge in [-0.3, -0.25) is 14.6 Å². The van der Waals surface area contributed by atoms with Gasteiger partial charge in [-0.2, -0.15) is 0 Å². The molecule has 2 amide bonds. The number of sulfonamides is 1. The van der Waals surface area contributed by atoms with Crippen LogP contribution in [0.3, 0.4) is 0 Å². The number of nitrogens with zero attached hydrogens (tertiary/aromatic N) is 2. The Hall–Kier alpha value is -4.60. The van der Waals surface area contributed by atoms with Crippen molar-refractivity contribution in [1.29, 1.82) is 0 Å². The summed E-state index contributed by atoms with van der Waals surface area (Å²) in [5, 5.41) is 6.65. The highest BCUT2D eigenvalue weighted by molar-refractivity contribution is 7.91. The number of ether oxygens (including phenoxy) is 6. The smallest absolute Gasteiger partial charge is 0.314 e. The Morgan fingerprint density at radius 2 is 1.08 bits per heavy atom. The number of sulfone groups is 1. The second-order valence-electron chi connectivity index (χ2n) is 23.3. The van der Waals surface area contributed by atoms with Crippen LogP contribution in [0.15, 0.2) is 70.5 Å². The molecule has 7 N–H and O–H groups in total. The minimum Gasteiger partial charge on any atom is -0.481 e. The highest BCUT2D eigenvalue weighted by atomic mass is 35.5. The molecule has 88 heavy (non-hydrogen) atoms. The first-order chi connectivity index (χ1) is 42.3. The maximum atomic E-state index is 15.6. The second kappa shape index (κ2) is 33.6. The van der Waals surface area contributed by atoms with Gasteiger partial charge in [0.2, 0.25) is 10.0 Å². The van der Waals surface area contributed by atoms with Crippen molar-refractivity contribution < 1.29 is 63.6 Å². The number of nitrogens with two attached hydrogens (primary N) is 2. The van der Waals surface area contributed by atoms with E-state index in [9.17, 15) is 26.4 Å². The van der Waals surface area contributed by atoms with Gasteiger partial charge in [0.15, 0.2) is 33.0 Å². The number of amides is 2. The van der Waals surface area contributed by atoms with Gasteiger partial charge in [-0.25, -0.2) is 35.1 Å². The van der Waals surface area contributed by atoms with E-state index in [1.807, 2.05) is 38.1 Å². The molecular weight excluding hydrogens is 1220 g/mol. The van der Waals surface area contributed by atoms with E-state index in [0.717, 1.165) is 90.7 Å². The lowest BCUT2D eigenvalue weighted by Crippen LogP contribution is -2.49. The van der Waals surface area contributed by atoms with Crippen LogP contribution >= 0.6 is 23.2 Å². The van der Waals surface area contributed by atoms with Crippen molar-refractivity contribution in [1.82, 2.24) is 25.2 Å². The summed E-state index contributed by atoms with van der Waals surface area (Å²) in [4.78, 5) is 28.8. The lowest BCUT2D eigenvalue weighted by atomic mass is 10.0. The largest absolute Gasteiger partial charge is 0.481 e. The summed E-state index contributed by atoms with van der Waals surface area (Å²) in [5.41, 5.74) is 18.8. The van der Waals surface area contributed by atoms with Gasteiger partial charge >= 0.3 is 6.03 Å². The number of ketones is 1. The van der Waals surface area contributed by atoms with Crippen LogP contribution in [0.25, 0.3) is 0 Å². The number of piperidine rings is 2. The Bertz CT molecular complexity index is 3000. The molecule has 2 fully saturated rings. The molecule has 0 radical (unpaired) electrons. The third kappa shape index (κ3) is 20.0. The summed E-state index contributed by atoms with van der Waals surface area (Å²) < 4.78 is 121. The summed E-state index contributed by atoms with van der Waals surface area (Å²) in [7, 11) is -7.86. The Balaban J connectivity index is 0.591. The molecule has 4 aliphatic rings. The van der Waals surface area contributed by atoms with E-state index in [2.05, 4.69) is 25.2 Å². The van der Waals surface area contributed by atoms with Gasteiger partial charge in [-0.05, 0) is 185 Å². The highest BCUT2D eigenvalue weighted by Gasteiger charge is 2.42. The van der Waals surface area contributed by atoms with E-state index in [4.69, 9.17) is 63.1 Å². The fourth-order valence-corrected chi connectivity index (χ4v) is 15.1. The maximum Gasteiger partial charge on any atom is 0.314 e. The number of fused-ring (bicyclic) bond motifs is 2. The number of rotatable bonds is 35. The van der Waals surface area contributed by atoms with Crippen molar-refractivity contribution in [3.05, 3.63) is 116 Å². The molecule has 4 aromatic carbocycles. The summed E-state index contributed by atoms with van der Waals surface area (Å²) in [6.45, 7) is 9.63. The molecule has 0 unspecified atom stereocenters. The number of nitrogens with one attached hydrogen (secondary N) is 3. The molecule has 25 heteroatoms. The quantitative estimate of drug-likeness (QED) is 0.0272. The minimum absolute atomic E-state index is 0.0314. The predicted octanol–water partition coefficient (Wildman–Crippen LogP) is 8.24. The fraction of sp³-hybridized carbons (Fsp3) is 0.587. The summed E-state index contributed by atoms with van der Waals surface area (Å²) in [6, 6.07) is 14.6. The normalized spacial score (nSPS) is 20.6. The molecule has 4 aromatic rings. The van der Waals surface area contributed by atoms with Crippen LogP contribution < -0.4 is 36.3 Å². The molecular formula is C63H87Cl2F2N7O12S2. The molecule has 2 saturated heterocycles. The molecule has 0 bridgehead atoms. The van der Waals surface area contributed by atoms with E-state index in [-0.39, 0.29) is 129 Å². The number of Topliss-reactive ketones (excluding diaryl/α,β-unsaturated/α-hetero) is 1. The number of hydrogen-bond acceptors (Lipinski definition) is 16. The first kappa shape index (κ1) is 69.3. The van der Waals surface area contributed by atoms with Crippen molar-refractivity contribution in [3.63, 3.8) is 0 Å². The summed E-state index contributed by atoms with van der Waals surface area (Å²) in [6.07, 6.45) is 7.97. The van der Waals surface area contributed by atoms with Crippen molar-refractivity contribution in [2.75, 3.05) is 104 Å². The fourth-order valence-electron chi connectivity index (χ4n) is 12.2. The average Bonchev–Trinajstić information content (AvgIpc) is 2.85. The van der Waals surface area contributed by atoms with Gasteiger partial charge in [0.05, 0.1) is 67.3 Å². The second-order valence-corrected chi connectivity index (χ2v) is 28.1. The maximum absolute atomic E-state index is 15.6. The standard InChI is InChI=1S/C63H87Cl2F2N7O12S2/c1-42-32-44(64)34-53-51(42)38-57(73-21-6-10-46(68)40-73)61(53)85-59-16-14-49(36-55(59)66)87(77,78)31-9-24-82-28-29-83-25-19-71-63(76)70-18-5-3-4-12-48(75)13-8-23-81-27-30-84-26-20-72-88(79,80)50-15-17-60(56(67)37-50)86-62-54-35-45(65)33-43(2)52(54)39-58(62)74-22-7-11-47(69)41-74/h14-17,32-37,46-47,57-58,61-62,72H,3-13,18-31,38-41,68-69H2,1-2H3,(H2,70,71,76)/t46-,47-,57+,58+,61+,62+/m1/s1. The van der Waals surface area contributed by atoms with E-state index in [1.54, 1.807) is 0 Å². The van der Waals surface area contributed by atoms with Crippen LogP contribution in [0.1, 0.15) is 116 Å². The zero-order chi connectivity index (χ0) is 62.8. The topological polar surface area (TPSA) is 252 Å². The number of halogens is 4. The summed E-state index contributed by atoms with van der Waals surface area (Å²) >= 11 is 12.9. The zero-order valence-corrected chi connectivity index (χ0v) is 53.7. The molecule has 2 aliphatic heterocycles. The van der Waals surface area contributed by atoms with Crippen LogP contribution in [-0.4, -0.2) is 167 Å². The number of carbonyl (C=O) groups is 2. The van der Waals surface area contributed by atoms with Gasteiger partial charge in [0.25, 0.3) is 0 Å². The van der Waals surface area contributed by atoms with Crippen molar-refractivity contribution in [2.24, 2.45) is 11.5 Å². The third-order valence-corrected chi connectivity index (χ3v) is 20.4. The Morgan fingerprint density at radius 1 is 0.591 bits per heavy atom. The molecule has 6 atom stereocenters. The monoisotopic (exact) mass is 1310 g/mol. The first-order valence-corrected chi connectivity index (χ1v) is 34.7. The SMILES string of the molecule is Cc1cc(Cl)cc2c1C[C@H](N1CCC[C@@H](N)C1)[C@H]2Oc1ccc(S(=O)(=O)CCCOCCOCCNC(=O)NCCCCCC(=O)CCCOCCOCCNS(=O)(=O)c2ccc(O[C@H]3c4cc(Cl)cc(C)c4C[C@@H]3N3CCC[C@@H](N)C3)c(F)c2)cc1F. The molecule has 0 saturated carbocycles. The number of aryl methyl sites for hydroxylation is 2. The first-order valence-electron chi connectivity index (χ1n) is 30.8. The highest BCUT2D eigenvalue weighted by Crippen LogP contribution is 2.44. The molecule has 486 valence electrons. The van der Waals surface area contributed by atoms with E-state index >= 15 is 8.78 Å². The number of carbonyl (C=O) groups excluding carboxylic acids is 2. The van der Waals surface area contributed by atoms with Crippen LogP contribution in [-0.2, 0) is 56.4 Å². The Morgan fingerprint density at radius 3 is 1.62 bits per heavy atom. The number of hydrogen-bond donors (Lipinski definition) is 5. The predicted molar refractivity (Wildman–Crippen MR) is 334 cm³/mol. The van der Waals surface area contributed by atoms with E-state index in [1.165, 1.54) is 24.3 Å². The number of urea groups is 1. The van der Waals surface area contributed by atoms with Gasteiger partial charge < -0.3 is 50.5 Å². The van der Waals surface area contributed by atoms with E-state index < -0.39 is 43.7 Å². The molecule has 2 aliphatic carbocycles. The molecule has 19 nitrogen and oxygen atoms in total. The van der Waals surface area contributed by atoms with Crippen LogP contribution in [0.4, 0.5) is 13.6 Å². The van der Waals surface area contributed by atoms with Gasteiger partial charge in [-0.15, -0.1) is 0 Å². The van der Waals surface area contributed by atoms with Crippen molar-refractivity contribution in [2.45, 2.75) is 143 Å². The average molecular weight is 1310 g/mol. The molecule has 0 aromatic heterocycles. The van der Waals surface area contributed by atoms with Crippen LogP contribution in [0.2, 0.25) is 10.0 Å². The van der Waals surface area contributed by atoms with Gasteiger partial charge in [-0.1, -0.05) is 29.6 Å². The van der Waals surface area contributed by atoms with Gasteiger partial charge in [0, 0.05) is 80.9 Å². The number of likely N-dealkylation sites (tertiary alicyclic amines) is 2. The lowest BCUT2D eigenvalue weighted by Gasteiger charge is -2.38. The van der Waals surface area contributed by atoms with Gasteiger partial charge in [0.1, 0.15) is 18.0 Å². The lowest BCUT2D eigenvalue weighted by molar-refractivity contribution is -0.119. The molecule has 2 heterocycles. The summed E-state index contributed by atoms with van der Waals surface area (Å²) in [5.74, 6) is -1.75. The van der Waals surface area contributed by atoms with Crippen molar-refractivity contribution >= 4 is 54.9 Å². The number of benzene rings is 4. The zero-order valence-electron chi connectivity index (χ0n) is 50.5. The molecule has 0 spiro atoms. The van der Waals surface area contributed by atoms with Crippen molar-refractivity contribution in [3.8, 4) is 11.5 Å². The van der Waals surface area contributed by atoms with Crippen LogP contribution in [0, 0.1) is 25.5 Å². The number of unbranched alkanes of at least 4 members (excludes halogenated alkanes) is 2. The van der Waals surface area contributed by atoms with Crippen LogP contribution in [0.5, 0.6) is 11.5 Å². The Labute approximate surface area is 527 Å². The molecule has 8 rings (SSSR count). The Kier molecular flexibility index (Phi) is 26.5. The minimum atomic E-state index is -4.05.